The van der Waals surface area contributed by atoms with E-state index in [1.54, 1.807) is 31.2 Å². The van der Waals surface area contributed by atoms with Gasteiger partial charge in [-0.25, -0.2) is 4.98 Å². The third-order valence-corrected chi connectivity index (χ3v) is 2.52. The maximum atomic E-state index is 11.0. The predicted octanol–water partition coefficient (Wildman–Crippen LogP) is 2.58. The fourth-order valence-electron chi connectivity index (χ4n) is 1.59. The average molecular weight is 260 g/mol. The van der Waals surface area contributed by atoms with Gasteiger partial charge >= 0.3 is 5.69 Å². The lowest BCUT2D eigenvalue weighted by atomic mass is 10.2. The SMILES string of the molecule is Cc1cnc(Oc2ccccc2CO)c([N+](=O)[O-])c1. The van der Waals surface area contributed by atoms with Crippen molar-refractivity contribution < 1.29 is 14.8 Å². The van der Waals surface area contributed by atoms with E-state index in [1.807, 2.05) is 0 Å². The van der Waals surface area contributed by atoms with Crippen LogP contribution in [0.25, 0.3) is 0 Å². The van der Waals surface area contributed by atoms with Crippen molar-refractivity contribution in [2.75, 3.05) is 0 Å². The summed E-state index contributed by atoms with van der Waals surface area (Å²) >= 11 is 0. The number of pyridine rings is 1. The molecule has 0 fully saturated rings. The fraction of sp³-hybridized carbons (Fsp3) is 0.154. The second-order valence-electron chi connectivity index (χ2n) is 3.96. The molecule has 0 radical (unpaired) electrons. The van der Waals surface area contributed by atoms with Crippen molar-refractivity contribution >= 4 is 5.69 Å². The Morgan fingerprint density at radius 2 is 2.16 bits per heavy atom. The van der Waals surface area contributed by atoms with Crippen LogP contribution in [0.5, 0.6) is 11.6 Å². The van der Waals surface area contributed by atoms with Crippen LogP contribution >= 0.6 is 0 Å². The van der Waals surface area contributed by atoms with Crippen molar-refractivity contribution in [3.63, 3.8) is 0 Å². The number of aliphatic hydroxyl groups is 1. The van der Waals surface area contributed by atoms with E-state index >= 15 is 0 Å². The topological polar surface area (TPSA) is 85.5 Å². The Bertz CT molecular complexity index is 613. The van der Waals surface area contributed by atoms with Crippen LogP contribution in [0.1, 0.15) is 11.1 Å². The molecular weight excluding hydrogens is 248 g/mol. The van der Waals surface area contributed by atoms with Gasteiger partial charge in [0.1, 0.15) is 5.75 Å². The molecule has 2 aromatic rings. The molecule has 0 aliphatic rings. The number of benzene rings is 1. The molecule has 1 N–H and O–H groups in total. The van der Waals surface area contributed by atoms with Gasteiger partial charge in [0.15, 0.2) is 0 Å². The highest BCUT2D eigenvalue weighted by Crippen LogP contribution is 2.31. The van der Waals surface area contributed by atoms with Crippen molar-refractivity contribution in [1.29, 1.82) is 0 Å². The number of hydrogen-bond acceptors (Lipinski definition) is 5. The van der Waals surface area contributed by atoms with Crippen LogP contribution < -0.4 is 4.74 Å². The van der Waals surface area contributed by atoms with Crippen molar-refractivity contribution in [2.45, 2.75) is 13.5 Å². The zero-order valence-corrected chi connectivity index (χ0v) is 10.2. The van der Waals surface area contributed by atoms with Gasteiger partial charge in [-0.15, -0.1) is 0 Å². The highest BCUT2D eigenvalue weighted by atomic mass is 16.6. The smallest absolute Gasteiger partial charge is 0.331 e. The molecule has 0 aliphatic heterocycles. The van der Waals surface area contributed by atoms with Gasteiger partial charge in [0.2, 0.25) is 0 Å². The average Bonchev–Trinajstić information content (AvgIpc) is 2.41. The standard InChI is InChI=1S/C13H12N2O4/c1-9-6-11(15(17)18)13(14-7-9)19-12-5-3-2-4-10(12)8-16/h2-7,16H,8H2,1H3. The highest BCUT2D eigenvalue weighted by molar-refractivity contribution is 5.46. The van der Waals surface area contributed by atoms with Crippen molar-refractivity contribution in [1.82, 2.24) is 4.98 Å². The van der Waals surface area contributed by atoms with E-state index < -0.39 is 4.92 Å². The summed E-state index contributed by atoms with van der Waals surface area (Å²) in [5.74, 6) is 0.265. The number of aliphatic hydroxyl groups excluding tert-OH is 1. The van der Waals surface area contributed by atoms with Crippen LogP contribution in [0.15, 0.2) is 36.5 Å². The quantitative estimate of drug-likeness (QED) is 0.674. The summed E-state index contributed by atoms with van der Waals surface area (Å²) in [7, 11) is 0. The van der Waals surface area contributed by atoms with Crippen LogP contribution in [0, 0.1) is 17.0 Å². The molecule has 1 aromatic heterocycles. The molecule has 6 nitrogen and oxygen atoms in total. The number of aromatic nitrogens is 1. The fourth-order valence-corrected chi connectivity index (χ4v) is 1.59. The van der Waals surface area contributed by atoms with E-state index in [1.165, 1.54) is 12.3 Å². The number of rotatable bonds is 4. The minimum atomic E-state index is -0.545. The first-order valence-electron chi connectivity index (χ1n) is 5.59. The van der Waals surface area contributed by atoms with E-state index in [2.05, 4.69) is 4.98 Å². The molecule has 0 amide bonds. The summed E-state index contributed by atoms with van der Waals surface area (Å²) in [5, 5.41) is 20.1. The Labute approximate surface area is 109 Å². The molecule has 0 unspecified atom stereocenters. The van der Waals surface area contributed by atoms with E-state index in [4.69, 9.17) is 4.74 Å². The molecule has 0 bridgehead atoms. The molecule has 0 atom stereocenters. The van der Waals surface area contributed by atoms with E-state index in [9.17, 15) is 15.2 Å². The number of hydrogen-bond donors (Lipinski definition) is 1. The first-order valence-corrected chi connectivity index (χ1v) is 5.59. The lowest BCUT2D eigenvalue weighted by molar-refractivity contribution is -0.386. The summed E-state index contributed by atoms with van der Waals surface area (Å²) in [6.07, 6.45) is 1.49. The van der Waals surface area contributed by atoms with Crippen LogP contribution in [0.4, 0.5) is 5.69 Å². The van der Waals surface area contributed by atoms with Gasteiger partial charge in [0.25, 0.3) is 5.88 Å². The number of para-hydroxylation sites is 1. The van der Waals surface area contributed by atoms with Gasteiger partial charge in [-0.3, -0.25) is 10.1 Å². The first kappa shape index (κ1) is 13.0. The Hall–Kier alpha value is -2.47. The third kappa shape index (κ3) is 2.86. The summed E-state index contributed by atoms with van der Waals surface area (Å²) in [6, 6.07) is 8.15. The van der Waals surface area contributed by atoms with Gasteiger partial charge in [-0.05, 0) is 18.6 Å². The van der Waals surface area contributed by atoms with Crippen molar-refractivity contribution in [3.8, 4) is 11.6 Å². The largest absolute Gasteiger partial charge is 0.433 e. The van der Waals surface area contributed by atoms with E-state index in [0.717, 1.165) is 0 Å². The first-order chi connectivity index (χ1) is 9.11. The number of aryl methyl sites for hydroxylation is 1. The van der Waals surface area contributed by atoms with Crippen molar-refractivity contribution in [2.24, 2.45) is 0 Å². The maximum absolute atomic E-state index is 11.0. The van der Waals surface area contributed by atoms with Gasteiger partial charge in [-0.1, -0.05) is 18.2 Å². The molecule has 1 heterocycles. The molecule has 19 heavy (non-hydrogen) atoms. The lowest BCUT2D eigenvalue weighted by Crippen LogP contribution is -1.98. The molecular formula is C13H12N2O4. The third-order valence-electron chi connectivity index (χ3n) is 2.52. The Balaban J connectivity index is 2.41. The second-order valence-corrected chi connectivity index (χ2v) is 3.96. The number of nitrogens with zero attached hydrogens (tertiary/aromatic N) is 2. The van der Waals surface area contributed by atoms with E-state index in [0.29, 0.717) is 16.9 Å². The van der Waals surface area contributed by atoms with Gasteiger partial charge in [0, 0.05) is 17.8 Å². The van der Waals surface area contributed by atoms with Crippen LogP contribution in [0.2, 0.25) is 0 Å². The van der Waals surface area contributed by atoms with Gasteiger partial charge in [-0.2, -0.15) is 0 Å². The summed E-state index contributed by atoms with van der Waals surface area (Å²) in [6.45, 7) is 1.50. The molecule has 0 spiro atoms. The summed E-state index contributed by atoms with van der Waals surface area (Å²) in [5.41, 5.74) is 1.02. The zero-order valence-electron chi connectivity index (χ0n) is 10.2. The number of nitro groups is 1. The van der Waals surface area contributed by atoms with Crippen LogP contribution in [-0.2, 0) is 6.61 Å². The number of ether oxygens (including phenoxy) is 1. The van der Waals surface area contributed by atoms with Crippen molar-refractivity contribution in [3.05, 3.63) is 57.8 Å². The molecule has 1 aromatic carbocycles. The summed E-state index contributed by atoms with van der Waals surface area (Å²) in [4.78, 5) is 14.3. The Morgan fingerprint density at radius 1 is 1.42 bits per heavy atom. The lowest BCUT2D eigenvalue weighted by Gasteiger charge is -2.08. The molecule has 98 valence electrons. The molecule has 2 rings (SSSR count). The molecule has 6 heteroatoms. The maximum Gasteiger partial charge on any atom is 0.331 e. The van der Waals surface area contributed by atoms with Crippen LogP contribution in [-0.4, -0.2) is 15.0 Å². The minimum absolute atomic E-state index is 0.0866. The Kier molecular flexibility index (Phi) is 3.72. The minimum Gasteiger partial charge on any atom is -0.433 e. The van der Waals surface area contributed by atoms with Gasteiger partial charge in [0.05, 0.1) is 11.5 Å². The monoisotopic (exact) mass is 260 g/mol. The second kappa shape index (κ2) is 5.45. The predicted molar refractivity (Wildman–Crippen MR) is 68.1 cm³/mol. The molecule has 0 saturated carbocycles. The van der Waals surface area contributed by atoms with Gasteiger partial charge < -0.3 is 9.84 Å². The summed E-state index contributed by atoms with van der Waals surface area (Å²) < 4.78 is 5.44. The zero-order chi connectivity index (χ0) is 13.8. The Morgan fingerprint density at radius 3 is 2.84 bits per heavy atom. The molecule has 0 saturated heterocycles. The normalized spacial score (nSPS) is 10.2. The van der Waals surface area contributed by atoms with E-state index in [-0.39, 0.29) is 18.2 Å². The molecule has 0 aliphatic carbocycles. The van der Waals surface area contributed by atoms with Crippen LogP contribution in [0.3, 0.4) is 0 Å². The highest BCUT2D eigenvalue weighted by Gasteiger charge is 2.18.